The standard InChI is InChI=1S/C21H33NO4/c1-20(2,3)24-12-11-23-17-13-16(18-19(17)26-21(4,5)25-18)22-14-15-9-7-6-8-10-15/h6-10,16-19,22H,11-14H2,1-5H3/t16-,17+,18+,19-/m1/s1. The minimum atomic E-state index is -0.564. The van der Waals surface area contributed by atoms with E-state index in [4.69, 9.17) is 18.9 Å². The Kier molecular flexibility index (Phi) is 6.04. The normalized spacial score (nSPS) is 30.5. The number of fused-ring (bicyclic) bond motifs is 1. The fraction of sp³-hybridized carbons (Fsp3) is 0.714. The van der Waals surface area contributed by atoms with Gasteiger partial charge in [0.15, 0.2) is 5.79 Å². The number of hydrogen-bond acceptors (Lipinski definition) is 5. The monoisotopic (exact) mass is 363 g/mol. The van der Waals surface area contributed by atoms with E-state index in [2.05, 4.69) is 50.4 Å². The van der Waals surface area contributed by atoms with Gasteiger partial charge >= 0.3 is 0 Å². The first kappa shape index (κ1) is 19.8. The van der Waals surface area contributed by atoms with E-state index in [1.165, 1.54) is 5.56 Å². The van der Waals surface area contributed by atoms with E-state index >= 15 is 0 Å². The van der Waals surface area contributed by atoms with Crippen LogP contribution in [0.2, 0.25) is 0 Å². The Bertz CT molecular complexity index is 569. The molecule has 0 spiro atoms. The van der Waals surface area contributed by atoms with E-state index < -0.39 is 5.79 Å². The molecule has 0 unspecified atom stereocenters. The van der Waals surface area contributed by atoms with Crippen LogP contribution in [0.15, 0.2) is 30.3 Å². The van der Waals surface area contributed by atoms with Gasteiger partial charge in [0.2, 0.25) is 0 Å². The number of nitrogens with one attached hydrogen (secondary N) is 1. The second kappa shape index (κ2) is 7.95. The predicted octanol–water partition coefficient (Wildman–Crippen LogP) is 3.27. The minimum Gasteiger partial charge on any atom is -0.373 e. The smallest absolute Gasteiger partial charge is 0.163 e. The Labute approximate surface area is 157 Å². The van der Waals surface area contributed by atoms with E-state index in [0.717, 1.165) is 13.0 Å². The molecule has 3 rings (SSSR count). The molecule has 1 saturated heterocycles. The molecule has 0 radical (unpaired) electrons. The van der Waals surface area contributed by atoms with E-state index in [9.17, 15) is 0 Å². The van der Waals surface area contributed by atoms with Gasteiger partial charge in [-0.3, -0.25) is 0 Å². The molecule has 1 aromatic carbocycles. The van der Waals surface area contributed by atoms with Crippen LogP contribution in [0.4, 0.5) is 0 Å². The molecular formula is C21H33NO4. The summed E-state index contributed by atoms with van der Waals surface area (Å²) in [5.74, 6) is -0.564. The molecule has 1 aliphatic heterocycles. The average Bonchev–Trinajstić information content (AvgIpc) is 3.03. The van der Waals surface area contributed by atoms with Crippen molar-refractivity contribution in [2.75, 3.05) is 13.2 Å². The average molecular weight is 363 g/mol. The van der Waals surface area contributed by atoms with Gasteiger partial charge in [-0.15, -0.1) is 0 Å². The fourth-order valence-electron chi connectivity index (χ4n) is 3.69. The van der Waals surface area contributed by atoms with Crippen LogP contribution in [-0.4, -0.2) is 49.0 Å². The third kappa shape index (κ3) is 5.27. The van der Waals surface area contributed by atoms with Crippen LogP contribution in [-0.2, 0) is 25.5 Å². The third-order valence-corrected chi connectivity index (χ3v) is 4.77. The van der Waals surface area contributed by atoms with E-state index in [0.29, 0.717) is 13.2 Å². The number of benzene rings is 1. The van der Waals surface area contributed by atoms with E-state index in [-0.39, 0.29) is 30.0 Å². The van der Waals surface area contributed by atoms with Gasteiger partial charge in [0.1, 0.15) is 12.2 Å². The lowest BCUT2D eigenvalue weighted by Crippen LogP contribution is -2.39. The van der Waals surface area contributed by atoms with Crippen molar-refractivity contribution in [1.82, 2.24) is 5.32 Å². The quantitative estimate of drug-likeness (QED) is 0.754. The molecule has 2 aliphatic rings. The summed E-state index contributed by atoms with van der Waals surface area (Å²) in [6, 6.07) is 10.6. The van der Waals surface area contributed by atoms with Crippen LogP contribution in [0.1, 0.15) is 46.6 Å². The molecule has 1 saturated carbocycles. The zero-order chi connectivity index (χ0) is 18.8. The summed E-state index contributed by atoms with van der Waals surface area (Å²) in [6.07, 6.45) is 0.891. The lowest BCUT2D eigenvalue weighted by molar-refractivity contribution is -0.170. The number of ether oxygens (including phenoxy) is 4. The van der Waals surface area contributed by atoms with Crippen molar-refractivity contribution >= 4 is 0 Å². The molecule has 0 amide bonds. The Hall–Kier alpha value is -0.980. The molecule has 0 bridgehead atoms. The SMILES string of the molecule is CC(C)(C)OCCO[C@H]1C[C@@H](NCc2ccccc2)[C@@H]2OC(C)(C)O[C@@H]21. The van der Waals surface area contributed by atoms with Crippen LogP contribution in [0, 0.1) is 0 Å². The molecule has 4 atom stereocenters. The molecule has 2 fully saturated rings. The zero-order valence-corrected chi connectivity index (χ0v) is 16.7. The molecule has 1 N–H and O–H groups in total. The van der Waals surface area contributed by atoms with Gasteiger partial charge in [-0.05, 0) is 46.6 Å². The maximum Gasteiger partial charge on any atom is 0.163 e. The van der Waals surface area contributed by atoms with Crippen LogP contribution in [0.25, 0.3) is 0 Å². The Morgan fingerprint density at radius 1 is 1.08 bits per heavy atom. The molecule has 1 aromatic rings. The fourth-order valence-corrected chi connectivity index (χ4v) is 3.69. The van der Waals surface area contributed by atoms with Gasteiger partial charge in [-0.1, -0.05) is 30.3 Å². The van der Waals surface area contributed by atoms with Crippen LogP contribution in [0.3, 0.4) is 0 Å². The molecule has 1 aliphatic carbocycles. The highest BCUT2D eigenvalue weighted by Gasteiger charge is 2.54. The molecule has 26 heavy (non-hydrogen) atoms. The van der Waals surface area contributed by atoms with Crippen molar-refractivity contribution in [1.29, 1.82) is 0 Å². The maximum atomic E-state index is 6.17. The van der Waals surface area contributed by atoms with Crippen molar-refractivity contribution in [3.8, 4) is 0 Å². The summed E-state index contributed by atoms with van der Waals surface area (Å²) in [4.78, 5) is 0. The van der Waals surface area contributed by atoms with E-state index in [1.807, 2.05) is 19.9 Å². The first-order valence-corrected chi connectivity index (χ1v) is 9.62. The zero-order valence-electron chi connectivity index (χ0n) is 16.7. The summed E-state index contributed by atoms with van der Waals surface area (Å²) >= 11 is 0. The first-order chi connectivity index (χ1) is 12.2. The van der Waals surface area contributed by atoms with Crippen molar-refractivity contribution in [3.63, 3.8) is 0 Å². The van der Waals surface area contributed by atoms with Gasteiger partial charge in [0.25, 0.3) is 0 Å². The first-order valence-electron chi connectivity index (χ1n) is 9.62. The van der Waals surface area contributed by atoms with Crippen LogP contribution < -0.4 is 5.32 Å². The Morgan fingerprint density at radius 2 is 1.77 bits per heavy atom. The van der Waals surface area contributed by atoms with E-state index in [1.54, 1.807) is 0 Å². The Morgan fingerprint density at radius 3 is 2.46 bits per heavy atom. The van der Waals surface area contributed by atoms with Gasteiger partial charge in [-0.2, -0.15) is 0 Å². The summed E-state index contributed by atoms with van der Waals surface area (Å²) in [6.45, 7) is 12.1. The second-order valence-electron chi connectivity index (χ2n) is 8.64. The van der Waals surface area contributed by atoms with Crippen molar-refractivity contribution in [2.45, 2.75) is 83.3 Å². The molecule has 5 heteroatoms. The molecule has 5 nitrogen and oxygen atoms in total. The third-order valence-electron chi connectivity index (χ3n) is 4.77. The van der Waals surface area contributed by atoms with Crippen molar-refractivity contribution in [2.24, 2.45) is 0 Å². The minimum absolute atomic E-state index is 0.0160. The molecular weight excluding hydrogens is 330 g/mol. The highest BCUT2D eigenvalue weighted by molar-refractivity contribution is 5.15. The highest BCUT2D eigenvalue weighted by Crippen LogP contribution is 2.39. The largest absolute Gasteiger partial charge is 0.373 e. The predicted molar refractivity (Wildman–Crippen MR) is 101 cm³/mol. The lowest BCUT2D eigenvalue weighted by Gasteiger charge is -2.25. The molecule has 0 aromatic heterocycles. The van der Waals surface area contributed by atoms with Gasteiger partial charge in [-0.25, -0.2) is 0 Å². The maximum absolute atomic E-state index is 6.17. The number of hydrogen-bond donors (Lipinski definition) is 1. The molecule has 146 valence electrons. The van der Waals surface area contributed by atoms with Crippen molar-refractivity contribution < 1.29 is 18.9 Å². The van der Waals surface area contributed by atoms with Gasteiger partial charge < -0.3 is 24.3 Å². The van der Waals surface area contributed by atoms with Gasteiger partial charge in [0.05, 0.1) is 24.9 Å². The summed E-state index contributed by atoms with van der Waals surface area (Å²) in [5.41, 5.74) is 1.13. The summed E-state index contributed by atoms with van der Waals surface area (Å²) < 4.78 is 24.2. The number of rotatable bonds is 7. The molecule has 1 heterocycles. The summed E-state index contributed by atoms with van der Waals surface area (Å²) in [5, 5.41) is 3.64. The highest BCUT2D eigenvalue weighted by atomic mass is 16.8. The topological polar surface area (TPSA) is 49.0 Å². The van der Waals surface area contributed by atoms with Crippen LogP contribution >= 0.6 is 0 Å². The van der Waals surface area contributed by atoms with Crippen LogP contribution in [0.5, 0.6) is 0 Å². The van der Waals surface area contributed by atoms with Crippen molar-refractivity contribution in [3.05, 3.63) is 35.9 Å². The summed E-state index contributed by atoms with van der Waals surface area (Å²) in [7, 11) is 0. The Balaban J connectivity index is 1.55. The lowest BCUT2D eigenvalue weighted by atomic mass is 10.1. The second-order valence-corrected chi connectivity index (χ2v) is 8.64. The van der Waals surface area contributed by atoms with Gasteiger partial charge in [0, 0.05) is 12.6 Å².